The summed E-state index contributed by atoms with van der Waals surface area (Å²) in [6, 6.07) is 4.35. The second kappa shape index (κ2) is 5.27. The molecule has 1 unspecified atom stereocenters. The van der Waals surface area contributed by atoms with Gasteiger partial charge in [0, 0.05) is 37.4 Å². The Labute approximate surface area is 102 Å². The normalized spacial score (nSPS) is 21.5. The highest BCUT2D eigenvalue weighted by molar-refractivity contribution is 5.74. The number of carbonyl (C=O) groups excluding carboxylic acids is 1. The van der Waals surface area contributed by atoms with Crippen LogP contribution in [0.1, 0.15) is 23.7 Å². The number of aldehydes is 1. The summed E-state index contributed by atoms with van der Waals surface area (Å²) in [5, 5.41) is 0. The van der Waals surface area contributed by atoms with Crippen molar-refractivity contribution in [1.29, 1.82) is 0 Å². The summed E-state index contributed by atoms with van der Waals surface area (Å²) in [6.45, 7) is 5.30. The molecule has 1 saturated heterocycles. The first-order valence-corrected chi connectivity index (χ1v) is 6.11. The number of rotatable bonds is 3. The largest absolute Gasteiger partial charge is 0.354 e. The van der Waals surface area contributed by atoms with Crippen molar-refractivity contribution in [3.8, 4) is 0 Å². The Kier molecular flexibility index (Phi) is 3.74. The Bertz CT molecular complexity index is 377. The lowest BCUT2D eigenvalue weighted by Crippen LogP contribution is -2.51. The number of nitrogens with zero attached hydrogens (tertiary/aromatic N) is 3. The van der Waals surface area contributed by atoms with E-state index in [0.29, 0.717) is 11.6 Å². The van der Waals surface area contributed by atoms with Crippen molar-refractivity contribution >= 4 is 12.1 Å². The number of likely N-dealkylation sites (N-methyl/N-ethyl adjacent to an activating group) is 1. The van der Waals surface area contributed by atoms with Crippen molar-refractivity contribution < 1.29 is 4.79 Å². The molecule has 0 radical (unpaired) electrons. The van der Waals surface area contributed by atoms with Crippen LogP contribution in [-0.2, 0) is 0 Å². The lowest BCUT2D eigenvalue weighted by atomic mass is 10.1. The zero-order valence-corrected chi connectivity index (χ0v) is 10.5. The summed E-state index contributed by atoms with van der Waals surface area (Å²) >= 11 is 0. The third kappa shape index (κ3) is 2.64. The van der Waals surface area contributed by atoms with Crippen LogP contribution in [0.3, 0.4) is 0 Å². The second-order valence-corrected chi connectivity index (χ2v) is 4.56. The molecule has 0 saturated carbocycles. The van der Waals surface area contributed by atoms with E-state index in [-0.39, 0.29) is 0 Å². The molecule has 92 valence electrons. The first-order chi connectivity index (χ1) is 8.24. The summed E-state index contributed by atoms with van der Waals surface area (Å²) in [5.74, 6) is 0.974. The van der Waals surface area contributed by atoms with Crippen molar-refractivity contribution in [3.63, 3.8) is 0 Å². The van der Waals surface area contributed by atoms with Crippen LogP contribution in [0.15, 0.2) is 18.3 Å². The van der Waals surface area contributed by atoms with Gasteiger partial charge in [-0.3, -0.25) is 9.69 Å². The van der Waals surface area contributed by atoms with Crippen molar-refractivity contribution in [3.05, 3.63) is 23.9 Å². The minimum Gasteiger partial charge on any atom is -0.354 e. The fourth-order valence-corrected chi connectivity index (χ4v) is 2.25. The van der Waals surface area contributed by atoms with E-state index in [1.54, 1.807) is 6.20 Å². The summed E-state index contributed by atoms with van der Waals surface area (Å²) in [7, 11) is 2.18. The van der Waals surface area contributed by atoms with Gasteiger partial charge in [0.15, 0.2) is 6.29 Å². The number of hydrogen-bond donors (Lipinski definition) is 0. The van der Waals surface area contributed by atoms with Crippen molar-refractivity contribution in [2.75, 3.05) is 31.6 Å². The number of aromatic nitrogens is 1. The van der Waals surface area contributed by atoms with Crippen LogP contribution in [-0.4, -0.2) is 48.9 Å². The van der Waals surface area contributed by atoms with E-state index >= 15 is 0 Å². The van der Waals surface area contributed by atoms with Crippen LogP contribution in [0.4, 0.5) is 5.82 Å². The van der Waals surface area contributed by atoms with Crippen molar-refractivity contribution in [1.82, 2.24) is 9.88 Å². The summed E-state index contributed by atoms with van der Waals surface area (Å²) in [4.78, 5) is 19.6. The average molecular weight is 233 g/mol. The number of carbonyl (C=O) groups is 1. The maximum atomic E-state index is 10.6. The fraction of sp³-hybridized carbons (Fsp3) is 0.538. The van der Waals surface area contributed by atoms with Gasteiger partial charge in [-0.2, -0.15) is 0 Å². The molecule has 0 bridgehead atoms. The van der Waals surface area contributed by atoms with E-state index in [4.69, 9.17) is 0 Å². The van der Waals surface area contributed by atoms with E-state index in [0.717, 1.165) is 38.2 Å². The van der Waals surface area contributed by atoms with Crippen molar-refractivity contribution in [2.45, 2.75) is 19.4 Å². The predicted molar refractivity (Wildman–Crippen MR) is 68.5 cm³/mol. The van der Waals surface area contributed by atoms with E-state index in [1.807, 2.05) is 12.1 Å². The standard InChI is InChI=1S/C13H19N3O/c1-3-12-9-16(7-6-15(12)2)13-5-4-11(10-17)8-14-13/h4-5,8,10,12H,3,6-7,9H2,1-2H3. The third-order valence-corrected chi connectivity index (χ3v) is 3.48. The highest BCUT2D eigenvalue weighted by Crippen LogP contribution is 2.17. The van der Waals surface area contributed by atoms with Gasteiger partial charge >= 0.3 is 0 Å². The monoisotopic (exact) mass is 233 g/mol. The molecule has 4 heteroatoms. The van der Waals surface area contributed by atoms with Gasteiger partial charge in [0.1, 0.15) is 5.82 Å². The molecule has 1 atom stereocenters. The molecule has 1 fully saturated rings. The molecule has 0 amide bonds. The number of anilines is 1. The molecular formula is C13H19N3O. The number of hydrogen-bond acceptors (Lipinski definition) is 4. The van der Waals surface area contributed by atoms with Gasteiger partial charge in [0.05, 0.1) is 0 Å². The Balaban J connectivity index is 2.08. The van der Waals surface area contributed by atoms with Crippen LogP contribution in [0.25, 0.3) is 0 Å². The Morgan fingerprint density at radius 2 is 2.29 bits per heavy atom. The summed E-state index contributed by atoms with van der Waals surface area (Å²) in [6.07, 6.45) is 3.62. The smallest absolute Gasteiger partial charge is 0.151 e. The van der Waals surface area contributed by atoms with Gasteiger partial charge in [0.25, 0.3) is 0 Å². The van der Waals surface area contributed by atoms with Crippen LogP contribution >= 0.6 is 0 Å². The van der Waals surface area contributed by atoms with Crippen LogP contribution in [0.5, 0.6) is 0 Å². The van der Waals surface area contributed by atoms with Crippen LogP contribution < -0.4 is 4.90 Å². The zero-order chi connectivity index (χ0) is 12.3. The minimum atomic E-state index is 0.594. The molecule has 1 aromatic heterocycles. The SMILES string of the molecule is CCC1CN(c2ccc(C=O)cn2)CCN1C. The first kappa shape index (κ1) is 12.0. The molecule has 1 aliphatic rings. The molecule has 0 spiro atoms. The lowest BCUT2D eigenvalue weighted by Gasteiger charge is -2.39. The summed E-state index contributed by atoms with van der Waals surface area (Å²) < 4.78 is 0. The molecule has 0 aliphatic carbocycles. The van der Waals surface area contributed by atoms with Gasteiger partial charge in [-0.1, -0.05) is 6.92 Å². The molecule has 17 heavy (non-hydrogen) atoms. The second-order valence-electron chi connectivity index (χ2n) is 4.56. The molecule has 1 aromatic rings. The van der Waals surface area contributed by atoms with E-state index in [2.05, 4.69) is 28.8 Å². The molecule has 4 nitrogen and oxygen atoms in total. The Hall–Kier alpha value is -1.42. The maximum Gasteiger partial charge on any atom is 0.151 e. The average Bonchev–Trinajstić information content (AvgIpc) is 2.39. The molecule has 0 aromatic carbocycles. The van der Waals surface area contributed by atoms with Crippen LogP contribution in [0, 0.1) is 0 Å². The maximum absolute atomic E-state index is 10.6. The molecule has 2 rings (SSSR count). The predicted octanol–water partition coefficient (Wildman–Crippen LogP) is 1.42. The number of pyridine rings is 1. The number of piperazine rings is 1. The molecule has 1 aliphatic heterocycles. The highest BCUT2D eigenvalue weighted by atomic mass is 16.1. The zero-order valence-electron chi connectivity index (χ0n) is 10.5. The molecule has 2 heterocycles. The van der Waals surface area contributed by atoms with Crippen LogP contribution in [0.2, 0.25) is 0 Å². The lowest BCUT2D eigenvalue weighted by molar-refractivity contribution is 0.112. The summed E-state index contributed by atoms with van der Waals surface area (Å²) in [5.41, 5.74) is 0.634. The Morgan fingerprint density at radius 1 is 1.47 bits per heavy atom. The van der Waals surface area contributed by atoms with Gasteiger partial charge in [-0.15, -0.1) is 0 Å². The van der Waals surface area contributed by atoms with E-state index in [1.165, 1.54) is 0 Å². The fourth-order valence-electron chi connectivity index (χ4n) is 2.25. The first-order valence-electron chi connectivity index (χ1n) is 6.11. The molecular weight excluding hydrogens is 214 g/mol. The molecule has 0 N–H and O–H groups in total. The topological polar surface area (TPSA) is 36.4 Å². The Morgan fingerprint density at radius 3 is 2.88 bits per heavy atom. The van der Waals surface area contributed by atoms with Gasteiger partial charge < -0.3 is 4.90 Å². The van der Waals surface area contributed by atoms with Gasteiger partial charge in [-0.25, -0.2) is 4.98 Å². The van der Waals surface area contributed by atoms with Gasteiger partial charge in [0.2, 0.25) is 0 Å². The van der Waals surface area contributed by atoms with E-state index < -0.39 is 0 Å². The van der Waals surface area contributed by atoms with E-state index in [9.17, 15) is 4.79 Å². The minimum absolute atomic E-state index is 0.594. The highest BCUT2D eigenvalue weighted by Gasteiger charge is 2.23. The van der Waals surface area contributed by atoms with Gasteiger partial charge in [-0.05, 0) is 25.6 Å². The van der Waals surface area contributed by atoms with Crippen molar-refractivity contribution in [2.24, 2.45) is 0 Å². The third-order valence-electron chi connectivity index (χ3n) is 3.48. The quantitative estimate of drug-likeness (QED) is 0.740.